The highest BCUT2D eigenvalue weighted by Gasteiger charge is 2.53. The van der Waals surface area contributed by atoms with Crippen LogP contribution in [0.25, 0.3) is 0 Å². The molecule has 4 fully saturated rings. The molecule has 1 aromatic rings. The first-order valence-electron chi connectivity index (χ1n) is 8.31. The minimum atomic E-state index is 0.265. The second-order valence-electron chi connectivity index (χ2n) is 7.39. The van der Waals surface area contributed by atoms with Crippen molar-refractivity contribution in [3.63, 3.8) is 0 Å². The van der Waals surface area contributed by atoms with Crippen molar-refractivity contribution in [1.29, 1.82) is 0 Å². The molecule has 0 radical (unpaired) electrons. The van der Waals surface area contributed by atoms with Gasteiger partial charge in [0.25, 0.3) is 0 Å². The lowest BCUT2D eigenvalue weighted by Gasteiger charge is -2.55. The second kappa shape index (κ2) is 4.83. The fourth-order valence-corrected chi connectivity index (χ4v) is 5.30. The van der Waals surface area contributed by atoms with Gasteiger partial charge in [0.2, 0.25) is 5.89 Å². The molecule has 4 aliphatic rings. The van der Waals surface area contributed by atoms with Gasteiger partial charge in [-0.05, 0) is 69.2 Å². The molecule has 1 heterocycles. The van der Waals surface area contributed by atoms with Crippen molar-refractivity contribution in [2.75, 3.05) is 6.54 Å². The van der Waals surface area contributed by atoms with Gasteiger partial charge in [-0.2, -0.15) is 4.98 Å². The maximum Gasteiger partial charge on any atom is 0.240 e. The van der Waals surface area contributed by atoms with Crippen LogP contribution in [-0.2, 0) is 12.0 Å². The van der Waals surface area contributed by atoms with Crippen LogP contribution in [0.5, 0.6) is 0 Å². The maximum atomic E-state index is 5.48. The van der Waals surface area contributed by atoms with E-state index in [1.807, 2.05) is 0 Å². The summed E-state index contributed by atoms with van der Waals surface area (Å²) in [7, 11) is 0. The van der Waals surface area contributed by atoms with Crippen LogP contribution in [-0.4, -0.2) is 16.7 Å². The lowest BCUT2D eigenvalue weighted by molar-refractivity contribution is -0.0103. The summed E-state index contributed by atoms with van der Waals surface area (Å²) in [5.74, 6) is 4.58. The highest BCUT2D eigenvalue weighted by molar-refractivity contribution is 5.16. The number of aromatic nitrogens is 2. The summed E-state index contributed by atoms with van der Waals surface area (Å²) in [5, 5.41) is 7.70. The predicted molar refractivity (Wildman–Crippen MR) is 76.1 cm³/mol. The van der Waals surface area contributed by atoms with Gasteiger partial charge in [-0.15, -0.1) is 0 Å². The van der Waals surface area contributed by atoms with E-state index >= 15 is 0 Å². The average molecular weight is 275 g/mol. The fourth-order valence-electron chi connectivity index (χ4n) is 5.30. The lowest BCUT2D eigenvalue weighted by Crippen LogP contribution is -2.49. The van der Waals surface area contributed by atoms with Crippen LogP contribution in [0, 0.1) is 17.8 Å². The molecule has 110 valence electrons. The van der Waals surface area contributed by atoms with Crippen molar-refractivity contribution in [2.45, 2.75) is 63.8 Å². The summed E-state index contributed by atoms with van der Waals surface area (Å²) in [6, 6.07) is 0. The minimum Gasteiger partial charge on any atom is -0.338 e. The summed E-state index contributed by atoms with van der Waals surface area (Å²) in [6.07, 6.45) is 9.43. The molecule has 0 amide bonds. The van der Waals surface area contributed by atoms with Crippen LogP contribution in [0.1, 0.15) is 63.6 Å². The van der Waals surface area contributed by atoms with E-state index in [0.717, 1.165) is 42.4 Å². The van der Waals surface area contributed by atoms with Gasteiger partial charge < -0.3 is 9.84 Å². The van der Waals surface area contributed by atoms with E-state index in [-0.39, 0.29) is 5.41 Å². The molecule has 4 saturated carbocycles. The highest BCUT2D eigenvalue weighted by atomic mass is 16.5. The van der Waals surface area contributed by atoms with Crippen molar-refractivity contribution in [1.82, 2.24) is 15.5 Å². The molecule has 0 spiro atoms. The van der Waals surface area contributed by atoms with E-state index in [0.29, 0.717) is 6.54 Å². The number of hydrogen-bond donors (Lipinski definition) is 1. The molecule has 20 heavy (non-hydrogen) atoms. The van der Waals surface area contributed by atoms with E-state index < -0.39 is 0 Å². The van der Waals surface area contributed by atoms with E-state index in [1.54, 1.807) is 0 Å². The van der Waals surface area contributed by atoms with Gasteiger partial charge in [0.15, 0.2) is 5.82 Å². The van der Waals surface area contributed by atoms with Crippen molar-refractivity contribution in [3.05, 3.63) is 11.7 Å². The molecule has 4 heteroatoms. The summed E-state index contributed by atoms with van der Waals surface area (Å²) < 4.78 is 5.48. The Kier molecular flexibility index (Phi) is 3.09. The van der Waals surface area contributed by atoms with Crippen LogP contribution in [0.2, 0.25) is 0 Å². The molecule has 1 aromatic heterocycles. The third kappa shape index (κ3) is 2.09. The topological polar surface area (TPSA) is 51.0 Å². The van der Waals surface area contributed by atoms with Gasteiger partial charge in [0.05, 0.1) is 6.54 Å². The number of nitrogens with one attached hydrogen (secondary N) is 1. The quantitative estimate of drug-likeness (QED) is 0.839. The molecule has 5 rings (SSSR count). The SMILES string of the molecule is CCCNCc1nc(C23CC4CC(CC(C4)C2)C3)no1. The molecule has 0 saturated heterocycles. The smallest absolute Gasteiger partial charge is 0.240 e. The van der Waals surface area contributed by atoms with Crippen molar-refractivity contribution >= 4 is 0 Å². The summed E-state index contributed by atoms with van der Waals surface area (Å²) >= 11 is 0. The predicted octanol–water partition coefficient (Wildman–Crippen LogP) is 3.04. The first-order valence-corrected chi connectivity index (χ1v) is 8.31. The Morgan fingerprint density at radius 2 is 1.80 bits per heavy atom. The van der Waals surface area contributed by atoms with Gasteiger partial charge in [-0.1, -0.05) is 12.1 Å². The Hall–Kier alpha value is -0.900. The van der Waals surface area contributed by atoms with Crippen molar-refractivity contribution in [3.8, 4) is 0 Å². The molecule has 4 nitrogen and oxygen atoms in total. The van der Waals surface area contributed by atoms with Crippen LogP contribution in [0.4, 0.5) is 0 Å². The lowest BCUT2D eigenvalue weighted by atomic mass is 9.49. The van der Waals surface area contributed by atoms with Crippen LogP contribution in [0.15, 0.2) is 4.52 Å². The number of rotatable bonds is 5. The molecule has 4 aliphatic carbocycles. The van der Waals surface area contributed by atoms with Crippen LogP contribution < -0.4 is 5.32 Å². The molecular formula is C16H25N3O. The Morgan fingerprint density at radius 3 is 2.40 bits per heavy atom. The zero-order chi connectivity index (χ0) is 13.6. The van der Waals surface area contributed by atoms with Crippen LogP contribution >= 0.6 is 0 Å². The molecule has 1 N–H and O–H groups in total. The van der Waals surface area contributed by atoms with Gasteiger partial charge in [0, 0.05) is 5.41 Å². The highest BCUT2D eigenvalue weighted by Crippen LogP contribution is 2.60. The summed E-state index contributed by atoms with van der Waals surface area (Å²) in [5.41, 5.74) is 0.265. The molecule has 0 unspecified atom stereocenters. The monoisotopic (exact) mass is 275 g/mol. The molecule has 4 bridgehead atoms. The summed E-state index contributed by atoms with van der Waals surface area (Å²) in [6.45, 7) is 3.89. The first kappa shape index (κ1) is 12.8. The first-order chi connectivity index (χ1) is 9.77. The molecule has 0 aliphatic heterocycles. The fraction of sp³-hybridized carbons (Fsp3) is 0.875. The average Bonchev–Trinajstić information content (AvgIpc) is 2.87. The molecule has 0 aromatic carbocycles. The van der Waals surface area contributed by atoms with Crippen LogP contribution in [0.3, 0.4) is 0 Å². The van der Waals surface area contributed by atoms with Gasteiger partial charge >= 0.3 is 0 Å². The normalized spacial score (nSPS) is 38.5. The third-order valence-corrected chi connectivity index (χ3v) is 5.68. The molecule has 0 atom stereocenters. The molecular weight excluding hydrogens is 250 g/mol. The van der Waals surface area contributed by atoms with Gasteiger partial charge in [-0.25, -0.2) is 0 Å². The zero-order valence-corrected chi connectivity index (χ0v) is 12.4. The maximum absolute atomic E-state index is 5.48. The Balaban J connectivity index is 1.52. The second-order valence-corrected chi connectivity index (χ2v) is 7.39. The van der Waals surface area contributed by atoms with E-state index in [2.05, 4.69) is 17.4 Å². The summed E-state index contributed by atoms with van der Waals surface area (Å²) in [4.78, 5) is 4.73. The van der Waals surface area contributed by atoms with Crippen molar-refractivity contribution in [2.24, 2.45) is 17.8 Å². The van der Waals surface area contributed by atoms with E-state index in [1.165, 1.54) is 38.5 Å². The Morgan fingerprint density at radius 1 is 1.15 bits per heavy atom. The Labute approximate surface area is 120 Å². The van der Waals surface area contributed by atoms with Gasteiger partial charge in [-0.3, -0.25) is 0 Å². The zero-order valence-electron chi connectivity index (χ0n) is 12.4. The Bertz CT molecular complexity index is 447. The van der Waals surface area contributed by atoms with E-state index in [4.69, 9.17) is 9.51 Å². The number of hydrogen-bond acceptors (Lipinski definition) is 4. The minimum absolute atomic E-state index is 0.265. The number of nitrogens with zero attached hydrogens (tertiary/aromatic N) is 2. The van der Waals surface area contributed by atoms with E-state index in [9.17, 15) is 0 Å². The standard InChI is InChI=1S/C16H25N3O/c1-2-3-17-10-14-18-15(19-20-14)16-7-11-4-12(8-16)6-13(5-11)9-16/h11-13,17H,2-10H2,1H3. The largest absolute Gasteiger partial charge is 0.338 e. The third-order valence-electron chi connectivity index (χ3n) is 5.68. The van der Waals surface area contributed by atoms with Gasteiger partial charge in [0.1, 0.15) is 0 Å². The van der Waals surface area contributed by atoms with Crippen molar-refractivity contribution < 1.29 is 4.52 Å².